The fourth-order valence-corrected chi connectivity index (χ4v) is 2.07. The van der Waals surface area contributed by atoms with Crippen LogP contribution in [0.25, 0.3) is 0 Å². The number of hydrogen-bond acceptors (Lipinski definition) is 6. The van der Waals surface area contributed by atoms with Gasteiger partial charge in [0, 0.05) is 11.1 Å². The van der Waals surface area contributed by atoms with Crippen LogP contribution in [-0.2, 0) is 14.2 Å². The number of benzene rings is 1. The first-order chi connectivity index (χ1) is 9.60. The molecule has 1 aromatic carbocycles. The maximum absolute atomic E-state index is 12.1. The third-order valence-corrected chi connectivity index (χ3v) is 3.20. The molecule has 0 saturated heterocycles. The van der Waals surface area contributed by atoms with Crippen molar-refractivity contribution in [2.24, 2.45) is 0 Å². The molecule has 0 spiro atoms. The Kier molecular flexibility index (Phi) is 4.31. The highest BCUT2D eigenvalue weighted by molar-refractivity contribution is 6.28. The second-order valence-electron chi connectivity index (χ2n) is 4.35. The molecule has 0 bridgehead atoms. The zero-order valence-corrected chi connectivity index (χ0v) is 11.2. The number of rotatable bonds is 5. The summed E-state index contributed by atoms with van der Waals surface area (Å²) < 4.78 is 9.91. The molecule has 1 aliphatic rings. The summed E-state index contributed by atoms with van der Waals surface area (Å²) in [5.74, 6) is -1.25. The lowest BCUT2D eigenvalue weighted by Gasteiger charge is -2.16. The van der Waals surface area contributed by atoms with Gasteiger partial charge in [0.05, 0.1) is 6.61 Å². The molecule has 1 atom stereocenters. The van der Waals surface area contributed by atoms with E-state index >= 15 is 0 Å². The highest BCUT2D eigenvalue weighted by Crippen LogP contribution is 2.24. The van der Waals surface area contributed by atoms with Crippen molar-refractivity contribution in [3.63, 3.8) is 0 Å². The molecule has 6 nitrogen and oxygen atoms in total. The van der Waals surface area contributed by atoms with Crippen LogP contribution in [0.4, 0.5) is 0 Å². The highest BCUT2D eigenvalue weighted by Gasteiger charge is 2.39. The number of Topliss-reactive ketones (excluding diaryl/α,β-unsaturated/α-hetero) is 2. The van der Waals surface area contributed by atoms with Crippen molar-refractivity contribution in [3.8, 4) is 0 Å². The first-order valence-corrected chi connectivity index (χ1v) is 6.14. The molecule has 0 saturated carbocycles. The Morgan fingerprint density at radius 3 is 2.30 bits per heavy atom. The van der Waals surface area contributed by atoms with Crippen LogP contribution in [0.2, 0.25) is 0 Å². The van der Waals surface area contributed by atoms with E-state index in [1.807, 2.05) is 0 Å². The second kappa shape index (κ2) is 5.98. The van der Waals surface area contributed by atoms with Gasteiger partial charge in [0.1, 0.15) is 6.04 Å². The van der Waals surface area contributed by atoms with Gasteiger partial charge in [-0.15, -0.1) is 0 Å². The van der Waals surface area contributed by atoms with Crippen molar-refractivity contribution in [2.45, 2.75) is 12.1 Å². The van der Waals surface area contributed by atoms with Gasteiger partial charge in [-0.1, -0.05) is 24.3 Å². The lowest BCUT2D eigenvalue weighted by Crippen LogP contribution is -2.41. The minimum Gasteiger partial charge on any atom is -0.542 e. The molecule has 7 heteroatoms. The topological polar surface area (TPSA) is 81.7 Å². The summed E-state index contributed by atoms with van der Waals surface area (Å²) in [6.45, 7) is -0.112. The van der Waals surface area contributed by atoms with Crippen LogP contribution in [0.5, 0.6) is 0 Å². The standard InChI is InChI=1S/C13H14BNO5/c1-15-9(13(18)20-14)6-19-12-10(16)7-4-2-3-5-8(7)11(12)17/h2-5,9,12,15H,6,14H2,1H3/t9-/m0/s1. The summed E-state index contributed by atoms with van der Waals surface area (Å²) in [5, 5.41) is 2.71. The molecule has 0 unspecified atom stereocenters. The van der Waals surface area contributed by atoms with Gasteiger partial charge in [-0.25, -0.2) is 0 Å². The Hall–Kier alpha value is -1.99. The Bertz CT molecular complexity index is 524. The van der Waals surface area contributed by atoms with Crippen LogP contribution >= 0.6 is 0 Å². The summed E-state index contributed by atoms with van der Waals surface area (Å²) >= 11 is 0. The summed E-state index contributed by atoms with van der Waals surface area (Å²) in [4.78, 5) is 35.5. The number of carbonyl (C=O) groups excluding carboxylic acids is 3. The zero-order valence-electron chi connectivity index (χ0n) is 11.2. The number of ketones is 2. The van der Waals surface area contributed by atoms with Gasteiger partial charge in [-0.2, -0.15) is 0 Å². The predicted octanol–water partition coefficient (Wildman–Crippen LogP) is -0.870. The molecule has 20 heavy (non-hydrogen) atoms. The van der Waals surface area contributed by atoms with Crippen molar-refractivity contribution in [1.29, 1.82) is 0 Å². The van der Waals surface area contributed by atoms with E-state index in [-0.39, 0.29) is 18.2 Å². The molecular formula is C13H14BNO5. The van der Waals surface area contributed by atoms with E-state index in [1.54, 1.807) is 31.3 Å². The molecule has 0 amide bonds. The number of likely N-dealkylation sites (N-methyl/N-ethyl adjacent to an activating group) is 1. The van der Waals surface area contributed by atoms with E-state index in [2.05, 4.69) is 9.97 Å². The van der Waals surface area contributed by atoms with Crippen molar-refractivity contribution in [1.82, 2.24) is 5.32 Å². The van der Waals surface area contributed by atoms with Crippen LogP contribution in [0.1, 0.15) is 20.7 Å². The van der Waals surface area contributed by atoms with Gasteiger partial charge in [0.15, 0.2) is 17.7 Å². The maximum Gasteiger partial charge on any atom is 0.326 e. The van der Waals surface area contributed by atoms with Crippen LogP contribution in [-0.4, -0.2) is 51.4 Å². The van der Waals surface area contributed by atoms with E-state index in [0.717, 1.165) is 0 Å². The Balaban J connectivity index is 2.07. The van der Waals surface area contributed by atoms with Crippen LogP contribution in [0, 0.1) is 0 Å². The molecular weight excluding hydrogens is 261 g/mol. The Morgan fingerprint density at radius 1 is 1.30 bits per heavy atom. The minimum atomic E-state index is -1.17. The van der Waals surface area contributed by atoms with Crippen molar-refractivity contribution in [2.75, 3.05) is 13.7 Å². The molecule has 1 aromatic rings. The molecule has 1 N–H and O–H groups in total. The van der Waals surface area contributed by atoms with Crippen molar-refractivity contribution >= 4 is 25.6 Å². The molecule has 0 aliphatic heterocycles. The zero-order chi connectivity index (χ0) is 14.7. The number of ether oxygens (including phenoxy) is 1. The number of carbonyl (C=O) groups is 3. The lowest BCUT2D eigenvalue weighted by atomic mass is 10.1. The molecule has 2 rings (SSSR count). The van der Waals surface area contributed by atoms with Crippen LogP contribution in [0.15, 0.2) is 24.3 Å². The SMILES string of the molecule is BOC(=O)[C@H](COC1C(=O)c2ccccc2C1=O)NC. The van der Waals surface area contributed by atoms with Gasteiger partial charge < -0.3 is 14.7 Å². The second-order valence-corrected chi connectivity index (χ2v) is 4.35. The van der Waals surface area contributed by atoms with Gasteiger partial charge in [0.25, 0.3) is 0 Å². The van der Waals surface area contributed by atoms with Crippen LogP contribution in [0.3, 0.4) is 0 Å². The van der Waals surface area contributed by atoms with Gasteiger partial charge in [0.2, 0.25) is 0 Å². The average molecular weight is 275 g/mol. The minimum absolute atomic E-state index is 0.112. The van der Waals surface area contributed by atoms with Crippen LogP contribution < -0.4 is 5.32 Å². The number of nitrogens with one attached hydrogen (secondary N) is 1. The molecule has 0 radical (unpaired) electrons. The lowest BCUT2D eigenvalue weighted by molar-refractivity contribution is -0.138. The molecule has 0 heterocycles. The van der Waals surface area contributed by atoms with E-state index in [9.17, 15) is 14.4 Å². The molecule has 0 fully saturated rings. The highest BCUT2D eigenvalue weighted by atomic mass is 16.5. The monoisotopic (exact) mass is 275 g/mol. The normalized spacial score (nSPS) is 16.1. The summed E-state index contributed by atoms with van der Waals surface area (Å²) in [7, 11) is 2.83. The average Bonchev–Trinajstić information content (AvgIpc) is 2.72. The largest absolute Gasteiger partial charge is 0.542 e. The summed E-state index contributed by atoms with van der Waals surface area (Å²) in [6, 6.07) is 5.85. The molecule has 0 aromatic heterocycles. The third kappa shape index (κ3) is 2.50. The first-order valence-electron chi connectivity index (χ1n) is 6.14. The first kappa shape index (κ1) is 14.4. The fourth-order valence-electron chi connectivity index (χ4n) is 2.07. The van der Waals surface area contributed by atoms with Gasteiger partial charge in [-0.05, 0) is 7.05 Å². The number of hydrogen-bond donors (Lipinski definition) is 1. The summed E-state index contributed by atoms with van der Waals surface area (Å²) in [5.41, 5.74) is 0.725. The van der Waals surface area contributed by atoms with E-state index < -0.39 is 18.1 Å². The summed E-state index contributed by atoms with van der Waals surface area (Å²) in [6.07, 6.45) is -1.17. The number of fused-ring (bicyclic) bond motifs is 1. The maximum atomic E-state index is 12.1. The molecule has 104 valence electrons. The van der Waals surface area contributed by atoms with Gasteiger partial charge in [-0.3, -0.25) is 14.4 Å². The van der Waals surface area contributed by atoms with E-state index in [1.165, 1.54) is 8.05 Å². The van der Waals surface area contributed by atoms with Crippen molar-refractivity contribution < 1.29 is 23.8 Å². The van der Waals surface area contributed by atoms with E-state index in [4.69, 9.17) is 4.74 Å². The third-order valence-electron chi connectivity index (χ3n) is 3.20. The Morgan fingerprint density at radius 2 is 1.85 bits per heavy atom. The molecule has 1 aliphatic carbocycles. The van der Waals surface area contributed by atoms with E-state index in [0.29, 0.717) is 11.1 Å². The predicted molar refractivity (Wildman–Crippen MR) is 72.3 cm³/mol. The van der Waals surface area contributed by atoms with Gasteiger partial charge >= 0.3 is 14.0 Å². The van der Waals surface area contributed by atoms with Crippen molar-refractivity contribution in [3.05, 3.63) is 35.4 Å². The fraction of sp³-hybridized carbons (Fsp3) is 0.308. The Labute approximate surface area is 116 Å². The quantitative estimate of drug-likeness (QED) is 0.555. The smallest absolute Gasteiger partial charge is 0.326 e.